The van der Waals surface area contributed by atoms with E-state index in [2.05, 4.69) is 31.3 Å². The van der Waals surface area contributed by atoms with Gasteiger partial charge in [-0.1, -0.05) is 32.9 Å². The molecule has 0 unspecified atom stereocenters. The Bertz CT molecular complexity index is 768. The lowest BCUT2D eigenvalue weighted by Gasteiger charge is -2.14. The van der Waals surface area contributed by atoms with E-state index in [1.165, 1.54) is 0 Å². The van der Waals surface area contributed by atoms with Crippen LogP contribution in [0, 0.1) is 6.92 Å². The van der Waals surface area contributed by atoms with Gasteiger partial charge in [-0.15, -0.1) is 0 Å². The Morgan fingerprint density at radius 3 is 2.56 bits per heavy atom. The van der Waals surface area contributed by atoms with E-state index in [4.69, 9.17) is 9.47 Å². The molecule has 0 fully saturated rings. The largest absolute Gasteiger partial charge is 0.494 e. The summed E-state index contributed by atoms with van der Waals surface area (Å²) in [5, 5.41) is 3.98. The van der Waals surface area contributed by atoms with Gasteiger partial charge in [0.1, 0.15) is 11.5 Å². The molecule has 27 heavy (non-hydrogen) atoms. The van der Waals surface area contributed by atoms with Crippen molar-refractivity contribution in [2.45, 2.75) is 40.0 Å². The van der Waals surface area contributed by atoms with E-state index in [9.17, 15) is 4.79 Å². The Morgan fingerprint density at radius 2 is 1.89 bits per heavy atom. The summed E-state index contributed by atoms with van der Waals surface area (Å²) in [6, 6.07) is 13.6. The lowest BCUT2D eigenvalue weighted by atomic mass is 10.0. The van der Waals surface area contributed by atoms with Crippen molar-refractivity contribution >= 4 is 12.1 Å². The third-order valence-electron chi connectivity index (χ3n) is 3.91. The monoisotopic (exact) mass is 368 g/mol. The normalized spacial score (nSPS) is 11.0. The maximum Gasteiger partial charge on any atom is 0.277 e. The number of carbonyl (C=O) groups is 1. The van der Waals surface area contributed by atoms with Crippen LogP contribution in [0.5, 0.6) is 11.5 Å². The number of ether oxygens (including phenoxy) is 2. The van der Waals surface area contributed by atoms with Crippen molar-refractivity contribution < 1.29 is 14.3 Å². The van der Waals surface area contributed by atoms with Crippen molar-refractivity contribution in [1.29, 1.82) is 0 Å². The fourth-order valence-corrected chi connectivity index (χ4v) is 2.47. The molecule has 0 radical (unpaired) electrons. The summed E-state index contributed by atoms with van der Waals surface area (Å²) < 4.78 is 11.2. The van der Waals surface area contributed by atoms with Gasteiger partial charge in [0.2, 0.25) is 0 Å². The minimum atomic E-state index is -0.301. The maximum atomic E-state index is 12.0. The summed E-state index contributed by atoms with van der Waals surface area (Å²) in [4.78, 5) is 12.0. The van der Waals surface area contributed by atoms with E-state index in [0.29, 0.717) is 12.5 Å². The zero-order valence-corrected chi connectivity index (χ0v) is 16.5. The quantitative estimate of drug-likeness (QED) is 0.526. The number of hydrogen-bond donors (Lipinski definition) is 1. The minimum Gasteiger partial charge on any atom is -0.494 e. The van der Waals surface area contributed by atoms with Crippen LogP contribution in [-0.2, 0) is 4.79 Å². The van der Waals surface area contributed by atoms with Gasteiger partial charge in [0.25, 0.3) is 5.91 Å². The molecule has 0 aliphatic carbocycles. The van der Waals surface area contributed by atoms with Gasteiger partial charge in [0, 0.05) is 0 Å². The first-order valence-corrected chi connectivity index (χ1v) is 9.27. The van der Waals surface area contributed by atoms with Crippen LogP contribution in [0.3, 0.4) is 0 Å². The van der Waals surface area contributed by atoms with Gasteiger partial charge in [-0.05, 0) is 66.3 Å². The Hall–Kier alpha value is -2.82. The molecular weight excluding hydrogens is 340 g/mol. The molecule has 0 heterocycles. The summed E-state index contributed by atoms with van der Waals surface area (Å²) in [5.41, 5.74) is 5.55. The molecule has 2 rings (SSSR count). The zero-order valence-electron chi connectivity index (χ0n) is 16.5. The molecule has 0 spiro atoms. The average molecular weight is 368 g/mol. The Morgan fingerprint density at radius 1 is 1.15 bits per heavy atom. The molecule has 144 valence electrons. The van der Waals surface area contributed by atoms with E-state index >= 15 is 0 Å². The van der Waals surface area contributed by atoms with Crippen molar-refractivity contribution in [2.24, 2.45) is 5.10 Å². The van der Waals surface area contributed by atoms with Crippen molar-refractivity contribution in [1.82, 2.24) is 5.43 Å². The Kier molecular flexibility index (Phi) is 7.86. The fourth-order valence-electron chi connectivity index (χ4n) is 2.47. The molecule has 0 atom stereocenters. The first-order valence-electron chi connectivity index (χ1n) is 9.27. The van der Waals surface area contributed by atoms with E-state index < -0.39 is 0 Å². The van der Waals surface area contributed by atoms with Crippen molar-refractivity contribution in [3.05, 3.63) is 59.2 Å². The molecule has 1 N–H and O–H groups in total. The van der Waals surface area contributed by atoms with Crippen molar-refractivity contribution in [3.63, 3.8) is 0 Å². The molecule has 0 saturated carbocycles. The first-order chi connectivity index (χ1) is 13.0. The third-order valence-corrected chi connectivity index (χ3v) is 3.91. The second kappa shape index (κ2) is 10.4. The number of amides is 1. The number of hydrogen-bond acceptors (Lipinski definition) is 4. The molecule has 0 aromatic heterocycles. The van der Waals surface area contributed by atoms with Gasteiger partial charge in [0.15, 0.2) is 6.61 Å². The van der Waals surface area contributed by atoms with Crippen molar-refractivity contribution in [2.75, 3.05) is 13.2 Å². The van der Waals surface area contributed by atoms with Gasteiger partial charge in [0.05, 0.1) is 12.8 Å². The number of hydrazone groups is 1. The highest BCUT2D eigenvalue weighted by molar-refractivity contribution is 5.83. The van der Waals surface area contributed by atoms with Crippen molar-refractivity contribution in [3.8, 4) is 11.5 Å². The van der Waals surface area contributed by atoms with Gasteiger partial charge < -0.3 is 9.47 Å². The molecular formula is C22H28N2O3. The predicted octanol–water partition coefficient (Wildman–Crippen LogP) is 4.44. The van der Waals surface area contributed by atoms with Gasteiger partial charge >= 0.3 is 0 Å². The SMILES string of the molecule is CCCOc1ccc(/C=N/NC(=O)COc2cc(C)ccc2C(C)C)cc1. The standard InChI is InChI=1S/C22H28N2O3/c1-5-12-26-19-9-7-18(8-10-19)14-23-24-22(25)15-27-21-13-17(4)6-11-20(21)16(2)3/h6-11,13-14,16H,5,12,15H2,1-4H3,(H,24,25)/b23-14+. The Labute approximate surface area is 161 Å². The van der Waals surface area contributed by atoms with E-state index in [0.717, 1.165) is 34.6 Å². The van der Waals surface area contributed by atoms with Gasteiger partial charge in [-0.3, -0.25) is 4.79 Å². The van der Waals surface area contributed by atoms with Crippen LogP contribution >= 0.6 is 0 Å². The summed E-state index contributed by atoms with van der Waals surface area (Å²) in [5.74, 6) is 1.59. The molecule has 1 amide bonds. The molecule has 0 saturated heterocycles. The highest BCUT2D eigenvalue weighted by Gasteiger charge is 2.10. The smallest absolute Gasteiger partial charge is 0.277 e. The molecule has 5 nitrogen and oxygen atoms in total. The van der Waals surface area contributed by atoms with Crippen LogP contribution in [0.1, 0.15) is 49.8 Å². The number of nitrogens with one attached hydrogen (secondary N) is 1. The molecule has 0 aliphatic rings. The molecule has 2 aromatic carbocycles. The van der Waals surface area contributed by atoms with Crippen LogP contribution in [0.2, 0.25) is 0 Å². The van der Waals surface area contributed by atoms with E-state index in [-0.39, 0.29) is 12.5 Å². The van der Waals surface area contributed by atoms with Crippen LogP contribution in [0.25, 0.3) is 0 Å². The first kappa shape index (κ1) is 20.5. The number of benzene rings is 2. The summed E-state index contributed by atoms with van der Waals surface area (Å²) >= 11 is 0. The second-order valence-electron chi connectivity index (χ2n) is 6.70. The van der Waals surface area contributed by atoms with Gasteiger partial charge in [-0.25, -0.2) is 5.43 Å². The number of carbonyl (C=O) groups excluding carboxylic acids is 1. The second-order valence-corrected chi connectivity index (χ2v) is 6.70. The number of nitrogens with zero attached hydrogens (tertiary/aromatic N) is 1. The van der Waals surface area contributed by atoms with Crippen LogP contribution in [0.4, 0.5) is 0 Å². The lowest BCUT2D eigenvalue weighted by molar-refractivity contribution is -0.123. The third kappa shape index (κ3) is 6.77. The van der Waals surface area contributed by atoms with Crippen LogP contribution < -0.4 is 14.9 Å². The summed E-state index contributed by atoms with van der Waals surface area (Å²) in [7, 11) is 0. The maximum absolute atomic E-state index is 12.0. The summed E-state index contributed by atoms with van der Waals surface area (Å²) in [6.45, 7) is 8.88. The topological polar surface area (TPSA) is 59.9 Å². The molecule has 2 aromatic rings. The molecule has 0 bridgehead atoms. The van der Waals surface area contributed by atoms with Gasteiger partial charge in [-0.2, -0.15) is 5.10 Å². The zero-order chi connectivity index (χ0) is 19.6. The van der Waals surface area contributed by atoms with Crippen LogP contribution in [-0.4, -0.2) is 25.3 Å². The van der Waals surface area contributed by atoms with Crippen LogP contribution in [0.15, 0.2) is 47.6 Å². The highest BCUT2D eigenvalue weighted by atomic mass is 16.5. The summed E-state index contributed by atoms with van der Waals surface area (Å²) in [6.07, 6.45) is 2.56. The lowest BCUT2D eigenvalue weighted by Crippen LogP contribution is -2.25. The molecule has 5 heteroatoms. The number of aryl methyl sites for hydroxylation is 1. The number of rotatable bonds is 9. The average Bonchev–Trinajstić information content (AvgIpc) is 2.65. The fraction of sp³-hybridized carbons (Fsp3) is 0.364. The Balaban J connectivity index is 1.84. The predicted molar refractivity (Wildman–Crippen MR) is 109 cm³/mol. The minimum absolute atomic E-state index is 0.0791. The highest BCUT2D eigenvalue weighted by Crippen LogP contribution is 2.27. The van der Waals surface area contributed by atoms with E-state index in [1.54, 1.807) is 6.21 Å². The molecule has 0 aliphatic heterocycles. The van der Waals surface area contributed by atoms with E-state index in [1.807, 2.05) is 49.4 Å².